The van der Waals surface area contributed by atoms with Crippen LogP contribution in [0.15, 0.2) is 72.8 Å². The Labute approximate surface area is 179 Å². The zero-order valence-corrected chi connectivity index (χ0v) is 17.0. The van der Waals surface area contributed by atoms with Crippen LogP contribution in [0.5, 0.6) is 11.5 Å². The van der Waals surface area contributed by atoms with Crippen molar-refractivity contribution in [2.75, 3.05) is 18.9 Å². The maximum absolute atomic E-state index is 12.2. The third kappa shape index (κ3) is 6.17. The van der Waals surface area contributed by atoms with E-state index < -0.39 is 18.5 Å². The Balaban J connectivity index is 1.47. The molecule has 0 bridgehead atoms. The van der Waals surface area contributed by atoms with Gasteiger partial charge in [0.2, 0.25) is 0 Å². The molecule has 0 aliphatic rings. The summed E-state index contributed by atoms with van der Waals surface area (Å²) in [6, 6.07) is 20.4. The molecule has 3 rings (SSSR count). The average Bonchev–Trinajstić information content (AvgIpc) is 2.78. The van der Waals surface area contributed by atoms with Gasteiger partial charge < -0.3 is 20.5 Å². The predicted molar refractivity (Wildman–Crippen MR) is 116 cm³/mol. The highest BCUT2D eigenvalue weighted by Gasteiger charge is 2.12. The molecular formula is C24H22N2O5. The first-order valence-electron chi connectivity index (χ1n) is 9.58. The Morgan fingerprint density at radius 2 is 1.61 bits per heavy atom. The van der Waals surface area contributed by atoms with Crippen molar-refractivity contribution in [3.05, 3.63) is 89.5 Å². The van der Waals surface area contributed by atoms with Crippen LogP contribution >= 0.6 is 0 Å². The largest absolute Gasteiger partial charge is 0.456 e. The van der Waals surface area contributed by atoms with Gasteiger partial charge in [-0.15, -0.1) is 0 Å². The van der Waals surface area contributed by atoms with E-state index in [1.165, 1.54) is 0 Å². The molecule has 0 radical (unpaired) electrons. The first kappa shape index (κ1) is 21.6. The number of nitrogens with one attached hydrogen (secondary N) is 1. The van der Waals surface area contributed by atoms with Crippen LogP contribution < -0.4 is 15.8 Å². The lowest BCUT2D eigenvalue weighted by Gasteiger charge is -2.10. The van der Waals surface area contributed by atoms with E-state index in [-0.39, 0.29) is 12.3 Å². The van der Waals surface area contributed by atoms with Crippen LogP contribution in [0, 0.1) is 6.92 Å². The number of nitrogen functional groups attached to an aromatic ring is 1. The van der Waals surface area contributed by atoms with Crippen LogP contribution in [-0.2, 0) is 9.53 Å². The van der Waals surface area contributed by atoms with Gasteiger partial charge in [-0.2, -0.15) is 0 Å². The van der Waals surface area contributed by atoms with E-state index in [9.17, 15) is 14.4 Å². The quantitative estimate of drug-likeness (QED) is 0.329. The summed E-state index contributed by atoms with van der Waals surface area (Å²) in [4.78, 5) is 36.0. The molecule has 0 aliphatic heterocycles. The van der Waals surface area contributed by atoms with E-state index in [1.807, 2.05) is 19.1 Å². The van der Waals surface area contributed by atoms with E-state index in [4.69, 9.17) is 15.2 Å². The number of hydrogen-bond acceptors (Lipinski definition) is 6. The van der Waals surface area contributed by atoms with Crippen LogP contribution in [0.25, 0.3) is 0 Å². The van der Waals surface area contributed by atoms with E-state index in [0.717, 1.165) is 5.56 Å². The Hall–Kier alpha value is -4.13. The Morgan fingerprint density at radius 1 is 0.903 bits per heavy atom. The second-order valence-electron chi connectivity index (χ2n) is 6.80. The number of ether oxygens (including phenoxy) is 2. The van der Waals surface area contributed by atoms with Crippen LogP contribution in [-0.4, -0.2) is 30.8 Å². The predicted octanol–water partition coefficient (Wildman–Crippen LogP) is 3.53. The minimum atomic E-state index is -0.701. The highest BCUT2D eigenvalue weighted by atomic mass is 16.5. The Morgan fingerprint density at radius 3 is 2.29 bits per heavy atom. The molecule has 1 amide bonds. The second kappa shape index (κ2) is 10.1. The van der Waals surface area contributed by atoms with Crippen LogP contribution in [0.1, 0.15) is 26.3 Å². The van der Waals surface area contributed by atoms with Crippen LogP contribution in [0.4, 0.5) is 5.69 Å². The smallest absolute Gasteiger partial charge is 0.325 e. The van der Waals surface area contributed by atoms with Crippen molar-refractivity contribution < 1.29 is 23.9 Å². The molecule has 0 saturated carbocycles. The maximum atomic E-state index is 12.2. The van der Waals surface area contributed by atoms with Crippen molar-refractivity contribution in [1.29, 1.82) is 0 Å². The lowest BCUT2D eigenvalue weighted by atomic mass is 10.1. The number of esters is 1. The van der Waals surface area contributed by atoms with Gasteiger partial charge in [-0.3, -0.25) is 14.4 Å². The van der Waals surface area contributed by atoms with Crippen molar-refractivity contribution in [3.63, 3.8) is 0 Å². The molecule has 31 heavy (non-hydrogen) atoms. The molecule has 0 aromatic heterocycles. The summed E-state index contributed by atoms with van der Waals surface area (Å²) in [5.74, 6) is -0.422. The zero-order chi connectivity index (χ0) is 22.2. The summed E-state index contributed by atoms with van der Waals surface area (Å²) in [5, 5.41) is 2.45. The number of hydrogen-bond donors (Lipinski definition) is 2. The van der Waals surface area contributed by atoms with Gasteiger partial charge in [0.25, 0.3) is 5.91 Å². The number of Topliss-reactive ketones (excluding diaryl/α,β-unsaturated/α-hetero) is 1. The van der Waals surface area contributed by atoms with Gasteiger partial charge in [-0.25, -0.2) is 0 Å². The fraction of sp³-hybridized carbons (Fsp3) is 0.125. The Bertz CT molecular complexity index is 1080. The molecule has 3 aromatic carbocycles. The number of rotatable bonds is 8. The molecule has 0 fully saturated rings. The monoisotopic (exact) mass is 418 g/mol. The number of nitrogens with two attached hydrogens (primary N) is 1. The SMILES string of the molecule is Cc1ccc(Oc2ccc(C(=O)COC(=O)CNC(=O)c3ccccc3)cc2)c(N)c1. The molecule has 7 heteroatoms. The summed E-state index contributed by atoms with van der Waals surface area (Å²) < 4.78 is 10.7. The minimum absolute atomic E-state index is 0.328. The summed E-state index contributed by atoms with van der Waals surface area (Å²) in [6.07, 6.45) is 0. The van der Waals surface area contributed by atoms with Crippen LogP contribution in [0.3, 0.4) is 0 Å². The molecule has 0 atom stereocenters. The Kier molecular flexibility index (Phi) is 7.01. The molecule has 0 saturated heterocycles. The van der Waals surface area contributed by atoms with Crippen molar-refractivity contribution in [3.8, 4) is 11.5 Å². The standard InChI is InChI=1S/C24H22N2O5/c1-16-7-12-22(20(25)13-16)31-19-10-8-17(9-11-19)21(27)15-30-23(28)14-26-24(29)18-5-3-2-4-6-18/h2-13H,14-15,25H2,1H3,(H,26,29). The van der Waals surface area contributed by atoms with Gasteiger partial charge in [0.05, 0.1) is 5.69 Å². The first-order valence-corrected chi connectivity index (χ1v) is 9.58. The molecule has 0 heterocycles. The van der Waals surface area contributed by atoms with Gasteiger partial charge in [-0.1, -0.05) is 24.3 Å². The normalized spacial score (nSPS) is 10.2. The molecule has 7 nitrogen and oxygen atoms in total. The third-order valence-corrected chi connectivity index (χ3v) is 4.36. The lowest BCUT2D eigenvalue weighted by Crippen LogP contribution is -2.31. The number of amides is 1. The molecule has 3 aromatic rings. The molecule has 0 spiro atoms. The second-order valence-corrected chi connectivity index (χ2v) is 6.80. The zero-order valence-electron chi connectivity index (χ0n) is 17.0. The van der Waals surface area contributed by atoms with E-state index >= 15 is 0 Å². The van der Waals surface area contributed by atoms with Gasteiger partial charge in [-0.05, 0) is 61.0 Å². The van der Waals surface area contributed by atoms with Gasteiger partial charge >= 0.3 is 5.97 Å². The lowest BCUT2D eigenvalue weighted by molar-refractivity contribution is -0.141. The fourth-order valence-electron chi connectivity index (χ4n) is 2.72. The van der Waals surface area contributed by atoms with Gasteiger partial charge in [0.15, 0.2) is 12.4 Å². The number of benzene rings is 3. The topological polar surface area (TPSA) is 108 Å². The third-order valence-electron chi connectivity index (χ3n) is 4.36. The molecular weight excluding hydrogens is 396 g/mol. The molecule has 3 N–H and O–H groups in total. The van der Waals surface area contributed by atoms with Crippen LogP contribution in [0.2, 0.25) is 0 Å². The molecule has 0 aliphatic carbocycles. The van der Waals surface area contributed by atoms with Gasteiger partial charge in [0.1, 0.15) is 18.0 Å². The van der Waals surface area contributed by atoms with Crippen molar-refractivity contribution >= 4 is 23.3 Å². The van der Waals surface area contributed by atoms with E-state index in [0.29, 0.717) is 28.3 Å². The average molecular weight is 418 g/mol. The van der Waals surface area contributed by atoms with Gasteiger partial charge in [0, 0.05) is 11.1 Å². The number of carbonyl (C=O) groups is 3. The number of aryl methyl sites for hydroxylation is 1. The summed E-state index contributed by atoms with van der Waals surface area (Å²) in [7, 11) is 0. The van der Waals surface area contributed by atoms with Crippen molar-refractivity contribution in [1.82, 2.24) is 5.32 Å². The van der Waals surface area contributed by atoms with E-state index in [2.05, 4.69) is 5.32 Å². The number of anilines is 1. The van der Waals surface area contributed by atoms with Crippen molar-refractivity contribution in [2.24, 2.45) is 0 Å². The number of carbonyl (C=O) groups excluding carboxylic acids is 3. The maximum Gasteiger partial charge on any atom is 0.325 e. The summed E-state index contributed by atoms with van der Waals surface area (Å²) in [6.45, 7) is 1.18. The van der Waals surface area contributed by atoms with Crippen molar-refractivity contribution in [2.45, 2.75) is 6.92 Å². The highest BCUT2D eigenvalue weighted by Crippen LogP contribution is 2.28. The first-order chi connectivity index (χ1) is 14.9. The molecule has 158 valence electrons. The van der Waals surface area contributed by atoms with E-state index in [1.54, 1.807) is 60.7 Å². The fourth-order valence-corrected chi connectivity index (χ4v) is 2.72. The number of ketones is 1. The molecule has 0 unspecified atom stereocenters. The minimum Gasteiger partial charge on any atom is -0.456 e. The summed E-state index contributed by atoms with van der Waals surface area (Å²) >= 11 is 0. The highest BCUT2D eigenvalue weighted by molar-refractivity contribution is 5.99. The summed E-state index contributed by atoms with van der Waals surface area (Å²) in [5.41, 5.74) is 8.28.